The summed E-state index contributed by atoms with van der Waals surface area (Å²) in [7, 11) is 0. The molecule has 3 aromatic rings. The van der Waals surface area contributed by atoms with Crippen LogP contribution in [0.1, 0.15) is 60.9 Å². The number of nitrogens with zero attached hydrogens (tertiary/aromatic N) is 3. The number of amides is 2. The first kappa shape index (κ1) is 22.3. The SMILES string of the molecule is CCN(CC)C(=O)c1cnn(-c2ccccc2)c1NC(=O)c1ccc(C(C)(C)C)cc1. The highest BCUT2D eigenvalue weighted by molar-refractivity contribution is 6.08. The lowest BCUT2D eigenvalue weighted by molar-refractivity contribution is 0.0774. The Morgan fingerprint density at radius 3 is 2.13 bits per heavy atom. The quantitative estimate of drug-likeness (QED) is 0.619. The molecule has 6 heteroatoms. The maximum atomic E-state index is 13.1. The summed E-state index contributed by atoms with van der Waals surface area (Å²) < 4.78 is 1.60. The van der Waals surface area contributed by atoms with Crippen molar-refractivity contribution in [2.75, 3.05) is 18.4 Å². The van der Waals surface area contributed by atoms with Crippen molar-refractivity contribution in [3.63, 3.8) is 0 Å². The van der Waals surface area contributed by atoms with E-state index in [0.29, 0.717) is 30.0 Å². The third-order valence-electron chi connectivity index (χ3n) is 5.30. The summed E-state index contributed by atoms with van der Waals surface area (Å²) in [5.74, 6) is -0.0784. The van der Waals surface area contributed by atoms with Crippen LogP contribution < -0.4 is 5.32 Å². The van der Waals surface area contributed by atoms with Gasteiger partial charge in [0.05, 0.1) is 11.9 Å². The second-order valence-electron chi connectivity index (χ2n) is 8.41. The molecule has 31 heavy (non-hydrogen) atoms. The third-order valence-corrected chi connectivity index (χ3v) is 5.30. The van der Waals surface area contributed by atoms with Crippen molar-refractivity contribution in [3.05, 3.63) is 77.5 Å². The number of hydrogen-bond donors (Lipinski definition) is 1. The van der Waals surface area contributed by atoms with Crippen LogP contribution in [0.2, 0.25) is 0 Å². The molecule has 1 heterocycles. The van der Waals surface area contributed by atoms with E-state index in [4.69, 9.17) is 0 Å². The lowest BCUT2D eigenvalue weighted by atomic mass is 9.87. The number of hydrogen-bond acceptors (Lipinski definition) is 3. The number of aromatic nitrogens is 2. The van der Waals surface area contributed by atoms with Crippen LogP contribution in [-0.2, 0) is 5.41 Å². The second kappa shape index (κ2) is 9.16. The number of carbonyl (C=O) groups excluding carboxylic acids is 2. The summed E-state index contributed by atoms with van der Waals surface area (Å²) in [4.78, 5) is 27.8. The predicted molar refractivity (Wildman–Crippen MR) is 124 cm³/mol. The van der Waals surface area contributed by atoms with E-state index in [1.165, 1.54) is 6.20 Å². The molecule has 0 spiro atoms. The smallest absolute Gasteiger partial charge is 0.259 e. The van der Waals surface area contributed by atoms with E-state index in [2.05, 4.69) is 31.2 Å². The molecule has 0 fully saturated rings. The Balaban J connectivity index is 1.99. The molecular formula is C25H30N4O2. The number of rotatable bonds is 6. The number of benzene rings is 2. The molecule has 1 aromatic heterocycles. The van der Waals surface area contributed by atoms with Crippen LogP contribution in [-0.4, -0.2) is 39.6 Å². The highest BCUT2D eigenvalue weighted by Crippen LogP contribution is 2.25. The topological polar surface area (TPSA) is 67.2 Å². The van der Waals surface area contributed by atoms with Gasteiger partial charge in [0.15, 0.2) is 0 Å². The maximum absolute atomic E-state index is 13.1. The highest BCUT2D eigenvalue weighted by Gasteiger charge is 2.24. The molecule has 0 atom stereocenters. The van der Waals surface area contributed by atoms with Gasteiger partial charge in [-0.25, -0.2) is 4.68 Å². The fourth-order valence-corrected chi connectivity index (χ4v) is 3.37. The van der Waals surface area contributed by atoms with Crippen LogP contribution >= 0.6 is 0 Å². The summed E-state index contributed by atoms with van der Waals surface area (Å²) in [6.45, 7) is 11.4. The number of anilines is 1. The average Bonchev–Trinajstić information content (AvgIpc) is 3.18. The number of para-hydroxylation sites is 1. The normalized spacial score (nSPS) is 11.3. The molecule has 2 aromatic carbocycles. The minimum absolute atomic E-state index is 0.00425. The first-order valence-electron chi connectivity index (χ1n) is 10.6. The van der Waals surface area contributed by atoms with E-state index in [0.717, 1.165) is 11.3 Å². The Bertz CT molecular complexity index is 1040. The molecule has 0 saturated carbocycles. The zero-order valence-electron chi connectivity index (χ0n) is 18.8. The second-order valence-corrected chi connectivity index (χ2v) is 8.41. The summed E-state index contributed by atoms with van der Waals surface area (Å²) >= 11 is 0. The van der Waals surface area contributed by atoms with Gasteiger partial charge in [-0.1, -0.05) is 51.1 Å². The first-order chi connectivity index (χ1) is 14.8. The molecular weight excluding hydrogens is 388 g/mol. The summed E-state index contributed by atoms with van der Waals surface area (Å²) in [5, 5.41) is 7.34. The zero-order valence-corrected chi connectivity index (χ0v) is 18.8. The van der Waals surface area contributed by atoms with E-state index in [1.54, 1.807) is 9.58 Å². The van der Waals surface area contributed by atoms with Gasteiger partial charge in [0.1, 0.15) is 11.4 Å². The Kier molecular flexibility index (Phi) is 6.59. The van der Waals surface area contributed by atoms with Crippen molar-refractivity contribution < 1.29 is 9.59 Å². The fourth-order valence-electron chi connectivity index (χ4n) is 3.37. The first-order valence-corrected chi connectivity index (χ1v) is 10.6. The highest BCUT2D eigenvalue weighted by atomic mass is 16.2. The van der Waals surface area contributed by atoms with Crippen LogP contribution in [0, 0.1) is 0 Å². The van der Waals surface area contributed by atoms with E-state index in [1.807, 2.05) is 68.4 Å². The molecule has 1 N–H and O–H groups in total. The Labute approximate surface area is 183 Å². The van der Waals surface area contributed by atoms with Crippen molar-refractivity contribution in [2.24, 2.45) is 0 Å². The molecule has 3 rings (SSSR count). The molecule has 0 radical (unpaired) electrons. The van der Waals surface area contributed by atoms with Gasteiger partial charge in [0.25, 0.3) is 11.8 Å². The predicted octanol–water partition coefficient (Wildman–Crippen LogP) is 4.90. The molecule has 0 aliphatic carbocycles. The van der Waals surface area contributed by atoms with E-state index >= 15 is 0 Å². The van der Waals surface area contributed by atoms with Gasteiger partial charge in [0, 0.05) is 18.7 Å². The van der Waals surface area contributed by atoms with Crippen molar-refractivity contribution in [1.29, 1.82) is 0 Å². The van der Waals surface area contributed by atoms with Crippen LogP contribution in [0.4, 0.5) is 5.82 Å². The van der Waals surface area contributed by atoms with E-state index < -0.39 is 0 Å². The van der Waals surface area contributed by atoms with Gasteiger partial charge in [-0.2, -0.15) is 5.10 Å². The van der Waals surface area contributed by atoms with Crippen LogP contribution in [0.25, 0.3) is 5.69 Å². The molecule has 0 saturated heterocycles. The Morgan fingerprint density at radius 2 is 1.58 bits per heavy atom. The van der Waals surface area contributed by atoms with Crippen molar-refractivity contribution in [3.8, 4) is 5.69 Å². The molecule has 162 valence electrons. The van der Waals surface area contributed by atoms with Gasteiger partial charge in [-0.15, -0.1) is 0 Å². The lowest BCUT2D eigenvalue weighted by Gasteiger charge is -2.20. The van der Waals surface area contributed by atoms with Crippen LogP contribution in [0.5, 0.6) is 0 Å². The number of carbonyl (C=O) groups is 2. The fraction of sp³-hybridized carbons (Fsp3) is 0.320. The van der Waals surface area contributed by atoms with Crippen LogP contribution in [0.15, 0.2) is 60.8 Å². The van der Waals surface area contributed by atoms with Gasteiger partial charge in [-0.05, 0) is 49.1 Å². The van der Waals surface area contributed by atoms with Crippen molar-refractivity contribution in [2.45, 2.75) is 40.0 Å². The molecule has 6 nitrogen and oxygen atoms in total. The molecule has 0 aliphatic rings. The average molecular weight is 419 g/mol. The van der Waals surface area contributed by atoms with Gasteiger partial charge in [0.2, 0.25) is 0 Å². The van der Waals surface area contributed by atoms with Gasteiger partial charge in [-0.3, -0.25) is 9.59 Å². The van der Waals surface area contributed by atoms with Crippen molar-refractivity contribution >= 4 is 17.6 Å². The summed E-state index contributed by atoms with van der Waals surface area (Å²) in [6.07, 6.45) is 1.52. The summed E-state index contributed by atoms with van der Waals surface area (Å²) in [6, 6.07) is 17.0. The van der Waals surface area contributed by atoms with E-state index in [-0.39, 0.29) is 17.2 Å². The minimum atomic E-state index is -0.285. The lowest BCUT2D eigenvalue weighted by Crippen LogP contribution is -2.31. The third kappa shape index (κ3) is 4.85. The monoisotopic (exact) mass is 418 g/mol. The minimum Gasteiger partial charge on any atom is -0.339 e. The zero-order chi connectivity index (χ0) is 22.6. The van der Waals surface area contributed by atoms with Crippen molar-refractivity contribution in [1.82, 2.24) is 14.7 Å². The van der Waals surface area contributed by atoms with Gasteiger partial charge >= 0.3 is 0 Å². The summed E-state index contributed by atoms with van der Waals surface area (Å²) in [5.41, 5.74) is 2.81. The van der Waals surface area contributed by atoms with E-state index in [9.17, 15) is 9.59 Å². The largest absolute Gasteiger partial charge is 0.339 e. The Hall–Kier alpha value is -3.41. The molecule has 0 unspecified atom stereocenters. The number of nitrogens with one attached hydrogen (secondary N) is 1. The van der Waals surface area contributed by atoms with Gasteiger partial charge < -0.3 is 10.2 Å². The molecule has 2 amide bonds. The standard InChI is InChI=1S/C25H30N4O2/c1-6-28(7-2)24(31)21-17-26-29(20-11-9-8-10-12-20)22(21)27-23(30)18-13-15-19(16-14-18)25(3,4)5/h8-17H,6-7H2,1-5H3,(H,27,30). The van der Waals surface area contributed by atoms with Crippen LogP contribution in [0.3, 0.4) is 0 Å². The maximum Gasteiger partial charge on any atom is 0.259 e. The molecule has 0 bridgehead atoms. The Morgan fingerprint density at radius 1 is 0.968 bits per heavy atom. The molecule has 0 aliphatic heterocycles.